The van der Waals surface area contributed by atoms with Crippen molar-refractivity contribution in [1.29, 1.82) is 0 Å². The highest BCUT2D eigenvalue weighted by Gasteiger charge is 2.35. The zero-order valence-electron chi connectivity index (χ0n) is 25.3. The van der Waals surface area contributed by atoms with Crippen LogP contribution in [0.3, 0.4) is 0 Å². The lowest BCUT2D eigenvalue weighted by atomic mass is 9.76. The molecule has 4 aromatic carbocycles. The Bertz CT molecular complexity index is 1740. The van der Waals surface area contributed by atoms with Crippen LogP contribution in [0.25, 0.3) is 6.08 Å². The van der Waals surface area contributed by atoms with E-state index in [4.69, 9.17) is 14.5 Å². The Morgan fingerprint density at radius 2 is 1.58 bits per heavy atom. The highest BCUT2D eigenvalue weighted by Crippen LogP contribution is 2.50. The van der Waals surface area contributed by atoms with Crippen LogP contribution in [0.15, 0.2) is 94.8 Å². The van der Waals surface area contributed by atoms with Crippen molar-refractivity contribution >= 4 is 62.9 Å². The molecule has 1 N–H and O–H groups in total. The number of nitrogens with one attached hydrogen (secondary N) is 1. The van der Waals surface area contributed by atoms with Gasteiger partial charge in [0, 0.05) is 30.6 Å². The summed E-state index contributed by atoms with van der Waals surface area (Å²) in [6, 6.07) is 30.0. The van der Waals surface area contributed by atoms with Gasteiger partial charge in [0.15, 0.2) is 16.7 Å². The Balaban J connectivity index is 1.28. The minimum Gasteiger partial charge on any atom is -0.492 e. The minimum atomic E-state index is -0.155. The minimum absolute atomic E-state index is 0.155. The normalized spacial score (nSPS) is 20.7. The molecule has 8 heteroatoms. The van der Waals surface area contributed by atoms with E-state index >= 15 is 0 Å². The predicted octanol–water partition coefficient (Wildman–Crippen LogP) is 8.47. The van der Waals surface area contributed by atoms with E-state index in [-0.39, 0.29) is 5.91 Å². The van der Waals surface area contributed by atoms with E-state index in [1.54, 1.807) is 7.11 Å². The fraction of sp³-hybridized carbons (Fsp3) is 0.243. The number of carbonyl (C=O) groups is 1. The lowest BCUT2D eigenvalue weighted by molar-refractivity contribution is -0.115. The summed E-state index contributed by atoms with van der Waals surface area (Å²) in [5.41, 5.74) is 8.42. The van der Waals surface area contributed by atoms with E-state index in [1.807, 2.05) is 25.1 Å². The fourth-order valence-electron chi connectivity index (χ4n) is 6.79. The molecule has 1 fully saturated rings. The number of hydrogen-bond acceptors (Lipinski definition) is 6. The number of halogens is 1. The van der Waals surface area contributed by atoms with E-state index in [0.717, 1.165) is 40.8 Å². The number of methoxy groups -OCH3 is 1. The maximum atomic E-state index is 13.1. The van der Waals surface area contributed by atoms with Gasteiger partial charge in [-0.1, -0.05) is 60.7 Å². The number of hydrogen-bond donors (Lipinski definition) is 1. The molecule has 0 radical (unpaired) electrons. The number of amidine groups is 1. The summed E-state index contributed by atoms with van der Waals surface area (Å²) in [6.07, 6.45) is 4.02. The molecule has 3 aliphatic heterocycles. The molecule has 3 aliphatic rings. The first-order chi connectivity index (χ1) is 22.0. The first kappa shape index (κ1) is 29.9. The third-order valence-electron chi connectivity index (χ3n) is 8.72. The molecule has 0 spiro atoms. The second kappa shape index (κ2) is 12.9. The Hall–Kier alpha value is -3.76. The summed E-state index contributed by atoms with van der Waals surface area (Å²) in [5, 5.41) is 3.60. The van der Waals surface area contributed by atoms with Crippen LogP contribution < -0.4 is 19.7 Å². The van der Waals surface area contributed by atoms with Gasteiger partial charge in [0.05, 0.1) is 27.9 Å². The Labute approximate surface area is 282 Å². The smallest absolute Gasteiger partial charge is 0.264 e. The first-order valence-electron chi connectivity index (χ1n) is 15.3. The average Bonchev–Trinajstić information content (AvgIpc) is 3.39. The number of rotatable bonds is 7. The SMILES string of the molecule is CCOc1cc(/C=C2\SC(=Nc3cc4c5c(c3)[C@@H](c3ccccc3)CCN5CC[C@@H]4c3ccccc3)NC2=O)cc(I)c1OC. The summed E-state index contributed by atoms with van der Waals surface area (Å²) >= 11 is 3.60. The Morgan fingerprint density at radius 1 is 0.956 bits per heavy atom. The molecule has 6 nitrogen and oxygen atoms in total. The van der Waals surface area contributed by atoms with Gasteiger partial charge in [-0.3, -0.25) is 4.79 Å². The highest BCUT2D eigenvalue weighted by atomic mass is 127. The van der Waals surface area contributed by atoms with E-state index in [2.05, 4.69) is 106 Å². The van der Waals surface area contributed by atoms with Crippen molar-refractivity contribution in [3.8, 4) is 11.5 Å². The zero-order valence-corrected chi connectivity index (χ0v) is 28.2. The molecule has 1 saturated heterocycles. The van der Waals surface area contributed by atoms with Gasteiger partial charge in [0.2, 0.25) is 0 Å². The third kappa shape index (κ3) is 5.97. The molecule has 228 valence electrons. The molecule has 45 heavy (non-hydrogen) atoms. The van der Waals surface area contributed by atoms with E-state index in [9.17, 15) is 4.79 Å². The van der Waals surface area contributed by atoms with Crippen molar-refractivity contribution in [1.82, 2.24) is 5.32 Å². The molecular weight excluding hydrogens is 693 g/mol. The highest BCUT2D eigenvalue weighted by molar-refractivity contribution is 14.1. The second-order valence-corrected chi connectivity index (χ2v) is 13.6. The maximum Gasteiger partial charge on any atom is 0.264 e. The van der Waals surface area contributed by atoms with E-state index < -0.39 is 0 Å². The van der Waals surface area contributed by atoms with Crippen molar-refractivity contribution in [3.05, 3.63) is 121 Å². The summed E-state index contributed by atoms with van der Waals surface area (Å²) in [5.74, 6) is 1.79. The standard InChI is InChI=1S/C37H34IN3O3S/c1-3-44-32-19-23(18-31(38)35(32)43-2)20-33-36(42)40-37(45-33)39-26-21-29-27(24-10-6-4-7-11-24)14-16-41-17-15-28(30(22-26)34(29)41)25-12-8-5-9-13-25/h4-13,18-22,27-28H,3,14-17H2,1-2H3,(H,39,40,42)/b33-20-/t27-,28-/m1/s1. The largest absolute Gasteiger partial charge is 0.492 e. The lowest BCUT2D eigenvalue weighted by Gasteiger charge is -2.43. The van der Waals surface area contributed by atoms with Crippen LogP contribution in [0.1, 0.15) is 59.4 Å². The van der Waals surface area contributed by atoms with Crippen molar-refractivity contribution in [2.75, 3.05) is 31.7 Å². The molecule has 1 amide bonds. The second-order valence-electron chi connectivity index (χ2n) is 11.4. The number of carbonyl (C=O) groups excluding carboxylic acids is 1. The molecule has 0 unspecified atom stereocenters. The zero-order chi connectivity index (χ0) is 30.9. The van der Waals surface area contributed by atoms with Crippen molar-refractivity contribution in [3.63, 3.8) is 0 Å². The summed E-state index contributed by atoms with van der Waals surface area (Å²) < 4.78 is 12.3. The molecule has 2 atom stereocenters. The predicted molar refractivity (Wildman–Crippen MR) is 192 cm³/mol. The Morgan fingerprint density at radius 3 is 2.16 bits per heavy atom. The van der Waals surface area contributed by atoms with Crippen LogP contribution >= 0.6 is 34.4 Å². The number of amides is 1. The quantitative estimate of drug-likeness (QED) is 0.153. The number of benzene rings is 4. The van der Waals surface area contributed by atoms with Gasteiger partial charge >= 0.3 is 0 Å². The Kier molecular flexibility index (Phi) is 8.59. The van der Waals surface area contributed by atoms with Crippen LogP contribution in [-0.4, -0.2) is 37.9 Å². The molecule has 4 aromatic rings. The molecular formula is C37H34IN3O3S. The monoisotopic (exact) mass is 727 g/mol. The van der Waals surface area contributed by atoms with Gasteiger partial charge < -0.3 is 19.7 Å². The van der Waals surface area contributed by atoms with Crippen LogP contribution in [0.4, 0.5) is 11.4 Å². The fourth-order valence-corrected chi connectivity index (χ4v) is 8.47. The third-order valence-corrected chi connectivity index (χ3v) is 10.4. The molecule has 0 aliphatic carbocycles. The molecule has 0 bridgehead atoms. The van der Waals surface area contributed by atoms with Gasteiger partial charge in [0.25, 0.3) is 5.91 Å². The summed E-state index contributed by atoms with van der Waals surface area (Å²) in [4.78, 5) is 21.4. The van der Waals surface area contributed by atoms with Crippen molar-refractivity contribution in [2.45, 2.75) is 31.6 Å². The molecule has 0 saturated carbocycles. The first-order valence-corrected chi connectivity index (χ1v) is 17.2. The number of aliphatic imine (C=N–C) groups is 1. The maximum absolute atomic E-state index is 13.1. The van der Waals surface area contributed by atoms with Gasteiger partial charge in [-0.25, -0.2) is 4.99 Å². The van der Waals surface area contributed by atoms with Gasteiger partial charge in [0.1, 0.15) is 0 Å². The van der Waals surface area contributed by atoms with Crippen LogP contribution in [0.5, 0.6) is 11.5 Å². The number of thioether (sulfide) groups is 1. The van der Waals surface area contributed by atoms with Gasteiger partial charge in [-0.15, -0.1) is 0 Å². The van der Waals surface area contributed by atoms with Crippen LogP contribution in [0.2, 0.25) is 0 Å². The molecule has 3 heterocycles. The molecule has 7 rings (SSSR count). The average molecular weight is 728 g/mol. The lowest BCUT2D eigenvalue weighted by Crippen LogP contribution is -2.37. The number of anilines is 1. The number of nitrogens with zero attached hydrogens (tertiary/aromatic N) is 2. The van der Waals surface area contributed by atoms with Crippen molar-refractivity contribution in [2.24, 2.45) is 4.99 Å². The van der Waals surface area contributed by atoms with E-state index in [1.165, 1.54) is 39.7 Å². The van der Waals surface area contributed by atoms with Crippen LogP contribution in [-0.2, 0) is 4.79 Å². The molecule has 0 aromatic heterocycles. The topological polar surface area (TPSA) is 63.2 Å². The van der Waals surface area contributed by atoms with Gasteiger partial charge in [-0.05, 0) is 112 Å². The summed E-state index contributed by atoms with van der Waals surface area (Å²) in [6.45, 7) is 4.56. The van der Waals surface area contributed by atoms with Crippen LogP contribution in [0, 0.1) is 3.57 Å². The summed E-state index contributed by atoms with van der Waals surface area (Å²) in [7, 11) is 1.64. The number of ether oxygens (including phenoxy) is 2. The van der Waals surface area contributed by atoms with Crippen molar-refractivity contribution < 1.29 is 14.3 Å². The van der Waals surface area contributed by atoms with Gasteiger partial charge in [-0.2, -0.15) is 0 Å². The van der Waals surface area contributed by atoms with E-state index in [0.29, 0.717) is 40.0 Å².